The quantitative estimate of drug-likeness (QED) is 0.475. The molecule has 0 radical (unpaired) electrons. The Labute approximate surface area is 210 Å². The Morgan fingerprint density at radius 1 is 0.472 bits per heavy atom. The van der Waals surface area contributed by atoms with Crippen LogP contribution in [0.25, 0.3) is 0 Å². The lowest BCUT2D eigenvalue weighted by Crippen LogP contribution is -2.15. The number of ketones is 2. The highest BCUT2D eigenvalue weighted by Crippen LogP contribution is 2.22. The van der Waals surface area contributed by atoms with Gasteiger partial charge in [-0.15, -0.1) is 0 Å². The summed E-state index contributed by atoms with van der Waals surface area (Å²) < 4.78 is 10.6. The van der Waals surface area contributed by atoms with Gasteiger partial charge in [0, 0.05) is 37.8 Å². The molecule has 196 valence electrons. The maximum atomic E-state index is 12.5. The first-order valence-corrected chi connectivity index (χ1v) is 13.1. The van der Waals surface area contributed by atoms with E-state index in [4.69, 9.17) is 8.83 Å². The fraction of sp³-hybridized carbons (Fsp3) is 0.571. The van der Waals surface area contributed by atoms with E-state index in [0.29, 0.717) is 37.2 Å². The molecule has 0 unspecified atom stereocenters. The third-order valence-electron chi connectivity index (χ3n) is 6.68. The Morgan fingerprint density at radius 3 is 1.11 bits per heavy atom. The van der Waals surface area contributed by atoms with E-state index in [2.05, 4.69) is 0 Å². The number of rotatable bonds is 0. The van der Waals surface area contributed by atoms with Crippen LogP contribution in [0.2, 0.25) is 0 Å². The van der Waals surface area contributed by atoms with Crippen LogP contribution >= 0.6 is 0 Å². The van der Waals surface area contributed by atoms with Crippen molar-refractivity contribution >= 4 is 11.6 Å². The Hall–Kier alpha value is -3.16. The Bertz CT molecular complexity index is 1070. The van der Waals surface area contributed by atoms with Crippen LogP contribution < -0.4 is 11.3 Å². The lowest BCUT2D eigenvalue weighted by atomic mass is 10.0. The van der Waals surface area contributed by atoms with Gasteiger partial charge in [0.2, 0.25) is 0 Å². The number of hydrogen-bond donors (Lipinski definition) is 2. The van der Waals surface area contributed by atoms with Crippen molar-refractivity contribution in [2.45, 2.75) is 103 Å². The van der Waals surface area contributed by atoms with Crippen LogP contribution in [0.15, 0.2) is 30.6 Å². The molecule has 0 atom stereocenters. The molecule has 2 aromatic heterocycles. The first kappa shape index (κ1) is 27.4. The zero-order chi connectivity index (χ0) is 25.9. The monoisotopic (exact) mass is 500 g/mol. The lowest BCUT2D eigenvalue weighted by Gasteiger charge is -2.07. The molecule has 2 N–H and O–H groups in total. The van der Waals surface area contributed by atoms with Crippen molar-refractivity contribution in [3.63, 3.8) is 0 Å². The van der Waals surface area contributed by atoms with Crippen molar-refractivity contribution in [2.75, 3.05) is 0 Å². The molecule has 4 aliphatic rings. The molecule has 8 heteroatoms. The third kappa shape index (κ3) is 7.93. The summed E-state index contributed by atoms with van der Waals surface area (Å²) in [6.45, 7) is 0. The number of aromatic hydroxyl groups is 2. The second-order valence-corrected chi connectivity index (χ2v) is 9.61. The van der Waals surface area contributed by atoms with Gasteiger partial charge < -0.3 is 19.0 Å². The number of hydrogen-bond acceptors (Lipinski definition) is 8. The molecule has 0 saturated heterocycles. The summed E-state index contributed by atoms with van der Waals surface area (Å²) in [5.74, 6) is -0.667. The van der Waals surface area contributed by atoms with Gasteiger partial charge in [-0.3, -0.25) is 9.59 Å². The van der Waals surface area contributed by atoms with E-state index in [-0.39, 0.29) is 35.5 Å². The van der Waals surface area contributed by atoms with E-state index >= 15 is 0 Å². The molecule has 0 amide bonds. The summed E-state index contributed by atoms with van der Waals surface area (Å²) in [7, 11) is 0. The largest absolute Gasteiger partial charge is 0.507 e. The second-order valence-electron chi connectivity index (χ2n) is 9.61. The minimum absolute atomic E-state index is 0.174. The van der Waals surface area contributed by atoms with E-state index < -0.39 is 22.8 Å². The molecular weight excluding hydrogens is 464 g/mol. The minimum atomic E-state index is -0.772. The first-order valence-electron chi connectivity index (χ1n) is 13.1. The maximum absolute atomic E-state index is 12.5. The van der Waals surface area contributed by atoms with E-state index in [1.54, 1.807) is 0 Å². The summed E-state index contributed by atoms with van der Waals surface area (Å²) in [5, 5.41) is 20.5. The van der Waals surface area contributed by atoms with Crippen molar-refractivity contribution in [3.05, 3.63) is 55.6 Å². The average Bonchev–Trinajstić information content (AvgIpc) is 2.81. The van der Waals surface area contributed by atoms with Crippen molar-refractivity contribution in [3.8, 4) is 11.5 Å². The minimum Gasteiger partial charge on any atom is -0.507 e. The predicted molar refractivity (Wildman–Crippen MR) is 134 cm³/mol. The van der Waals surface area contributed by atoms with Crippen LogP contribution in [0.1, 0.15) is 122 Å². The predicted octanol–water partition coefficient (Wildman–Crippen LogP) is 5.63. The van der Waals surface area contributed by atoms with Crippen LogP contribution in [-0.2, 0) is 12.8 Å². The molecular formula is C28H36O8. The van der Waals surface area contributed by atoms with Crippen molar-refractivity contribution < 1.29 is 28.6 Å². The van der Waals surface area contributed by atoms with Crippen molar-refractivity contribution in [1.29, 1.82) is 0 Å². The van der Waals surface area contributed by atoms with Crippen molar-refractivity contribution in [1.82, 2.24) is 0 Å². The molecule has 36 heavy (non-hydrogen) atoms. The van der Waals surface area contributed by atoms with Gasteiger partial charge in [-0.05, 0) is 25.7 Å². The normalized spacial score (nSPS) is 17.9. The van der Waals surface area contributed by atoms with Gasteiger partial charge in [-0.1, -0.05) is 51.4 Å². The Balaban J connectivity index is 1.62. The molecule has 8 nitrogen and oxygen atoms in total. The van der Waals surface area contributed by atoms with Crippen LogP contribution in [0.4, 0.5) is 0 Å². The molecule has 0 saturated carbocycles. The maximum Gasteiger partial charge on any atom is 0.350 e. The van der Waals surface area contributed by atoms with Gasteiger partial charge in [0.25, 0.3) is 0 Å². The molecule has 4 bridgehead atoms. The molecule has 0 fully saturated rings. The van der Waals surface area contributed by atoms with E-state index in [1.807, 2.05) is 0 Å². The smallest absolute Gasteiger partial charge is 0.350 e. The molecule has 5 heterocycles. The zero-order valence-corrected chi connectivity index (χ0v) is 20.8. The highest BCUT2D eigenvalue weighted by atomic mass is 16.4. The van der Waals surface area contributed by atoms with Crippen LogP contribution in [0, 0.1) is 0 Å². The second kappa shape index (κ2) is 13.8. The number of aryl methyl sites for hydroxylation is 2. The zero-order valence-electron chi connectivity index (χ0n) is 20.8. The van der Waals surface area contributed by atoms with Gasteiger partial charge in [-0.2, -0.15) is 0 Å². The fourth-order valence-electron chi connectivity index (χ4n) is 4.65. The van der Waals surface area contributed by atoms with E-state index in [0.717, 1.165) is 64.2 Å². The molecule has 6 rings (SSSR count). The first-order chi connectivity index (χ1) is 17.4. The molecule has 3 aliphatic heterocycles. The van der Waals surface area contributed by atoms with Crippen molar-refractivity contribution in [2.24, 2.45) is 0 Å². The Morgan fingerprint density at radius 2 is 0.778 bits per heavy atom. The van der Waals surface area contributed by atoms with Gasteiger partial charge >= 0.3 is 11.3 Å². The highest BCUT2D eigenvalue weighted by molar-refractivity contribution is 5.98. The van der Waals surface area contributed by atoms with Crippen LogP contribution in [0.3, 0.4) is 0 Å². The SMILES string of the molecule is O=C1CCCCCCCCc2cc(O)c(c(=O)o2)C(=O)CCCCCCCCc2cc(O)c1c(=O)o2. The molecule has 1 aliphatic carbocycles. The highest BCUT2D eigenvalue weighted by Gasteiger charge is 2.20. The topological polar surface area (TPSA) is 135 Å². The average molecular weight is 501 g/mol. The number of carbonyl (C=O) groups is 2. The summed E-state index contributed by atoms with van der Waals surface area (Å²) in [6.07, 6.45) is 11.1. The van der Waals surface area contributed by atoms with E-state index in [1.165, 1.54) is 12.1 Å². The fourth-order valence-corrected chi connectivity index (χ4v) is 4.65. The van der Waals surface area contributed by atoms with Crippen LogP contribution in [0.5, 0.6) is 11.5 Å². The van der Waals surface area contributed by atoms with Gasteiger partial charge in [0.05, 0.1) is 0 Å². The van der Waals surface area contributed by atoms with E-state index in [9.17, 15) is 29.4 Å². The number of carbonyl (C=O) groups excluding carboxylic acids is 2. The lowest BCUT2D eigenvalue weighted by molar-refractivity contribution is 0.0962. The summed E-state index contributed by atoms with van der Waals surface area (Å²) in [5.41, 5.74) is -2.06. The molecule has 2 aromatic rings. The summed E-state index contributed by atoms with van der Waals surface area (Å²) in [4.78, 5) is 49.5. The summed E-state index contributed by atoms with van der Waals surface area (Å²) in [6, 6.07) is 2.76. The molecule has 0 spiro atoms. The standard InChI is InChI=1S/C28H36O8/c29-21-15-11-7-3-1-5-9-13-19-17-23(31)26(27(33)35-19)22(30)16-12-8-4-2-6-10-14-20-18-24(32)25(21)28(34)36-20/h17-18,31-32H,1-16H2. The summed E-state index contributed by atoms with van der Waals surface area (Å²) >= 11 is 0. The Kier molecular flexibility index (Phi) is 10.5. The van der Waals surface area contributed by atoms with Gasteiger partial charge in [-0.25, -0.2) is 9.59 Å². The van der Waals surface area contributed by atoms with Crippen LogP contribution in [-0.4, -0.2) is 21.8 Å². The van der Waals surface area contributed by atoms with Gasteiger partial charge in [0.1, 0.15) is 34.1 Å². The molecule has 0 aromatic carbocycles. The number of Topliss-reactive ketones (excluding diaryl/α,β-unsaturated/α-hetero) is 2. The third-order valence-corrected chi connectivity index (χ3v) is 6.68. The van der Waals surface area contributed by atoms with Gasteiger partial charge in [0.15, 0.2) is 11.6 Å².